The van der Waals surface area contributed by atoms with Gasteiger partial charge in [0.15, 0.2) is 0 Å². The lowest BCUT2D eigenvalue weighted by Crippen LogP contribution is -2.23. The molecule has 0 saturated carbocycles. The zero-order valence-corrected chi connectivity index (χ0v) is 9.81. The van der Waals surface area contributed by atoms with Gasteiger partial charge in [-0.1, -0.05) is 12.1 Å². The summed E-state index contributed by atoms with van der Waals surface area (Å²) in [5.41, 5.74) is 0.897. The van der Waals surface area contributed by atoms with Gasteiger partial charge in [0.25, 0.3) is 0 Å². The maximum absolute atomic E-state index is 13.2. The van der Waals surface area contributed by atoms with E-state index in [4.69, 9.17) is 0 Å². The van der Waals surface area contributed by atoms with Crippen LogP contribution in [0.2, 0.25) is 0 Å². The highest BCUT2D eigenvalue weighted by Crippen LogP contribution is 2.29. The predicted molar refractivity (Wildman–Crippen MR) is 64.0 cm³/mol. The molecule has 2 nitrogen and oxygen atoms in total. The van der Waals surface area contributed by atoms with E-state index in [1.807, 2.05) is 13.0 Å². The molecule has 0 radical (unpaired) electrons. The van der Waals surface area contributed by atoms with Gasteiger partial charge < -0.3 is 5.11 Å². The van der Waals surface area contributed by atoms with E-state index in [1.54, 1.807) is 31.5 Å². The third kappa shape index (κ3) is 2.34. The molecule has 3 heteroatoms. The predicted octanol–water partition coefficient (Wildman–Crippen LogP) is 2.78. The van der Waals surface area contributed by atoms with Crippen LogP contribution in [0.15, 0.2) is 42.7 Å². The fourth-order valence-corrected chi connectivity index (χ4v) is 1.78. The molecule has 0 spiro atoms. The number of aromatic nitrogens is 1. The zero-order chi connectivity index (χ0) is 12.5. The molecule has 0 saturated heterocycles. The summed E-state index contributed by atoms with van der Waals surface area (Å²) in [5.74, 6) is -0.358. The lowest BCUT2D eigenvalue weighted by molar-refractivity contribution is 0.101. The van der Waals surface area contributed by atoms with E-state index in [0.717, 1.165) is 5.56 Å². The molecule has 0 aliphatic rings. The van der Waals surface area contributed by atoms with Crippen LogP contribution < -0.4 is 0 Å². The molecule has 2 aromatic rings. The van der Waals surface area contributed by atoms with E-state index >= 15 is 0 Å². The second-order valence-corrected chi connectivity index (χ2v) is 4.33. The highest BCUT2D eigenvalue weighted by molar-refractivity contribution is 5.35. The van der Waals surface area contributed by atoms with Crippen molar-refractivity contribution in [1.82, 2.24) is 4.98 Å². The molecule has 0 fully saturated rings. The molecule has 0 aliphatic heterocycles. The Labute approximate surface area is 99.8 Å². The third-order valence-electron chi connectivity index (χ3n) is 2.82. The summed E-state index contributed by atoms with van der Waals surface area (Å²) in [7, 11) is 0. The summed E-state index contributed by atoms with van der Waals surface area (Å²) in [6, 6.07) is 7.82. The first-order chi connectivity index (χ1) is 8.00. The van der Waals surface area contributed by atoms with E-state index in [9.17, 15) is 9.50 Å². The lowest BCUT2D eigenvalue weighted by atomic mass is 9.89. The average molecular weight is 231 g/mol. The SMILES string of the molecule is Cc1cncc(C(C)(O)c2cccc(F)c2)c1. The molecule has 2 rings (SSSR count). The molecule has 1 heterocycles. The number of benzene rings is 1. The van der Waals surface area contributed by atoms with Gasteiger partial charge in [-0.05, 0) is 43.2 Å². The smallest absolute Gasteiger partial charge is 0.123 e. The van der Waals surface area contributed by atoms with E-state index < -0.39 is 5.60 Å². The maximum atomic E-state index is 13.2. The first-order valence-electron chi connectivity index (χ1n) is 5.41. The summed E-state index contributed by atoms with van der Waals surface area (Å²) in [4.78, 5) is 4.04. The fraction of sp³-hybridized carbons (Fsp3) is 0.214. The molecule has 1 atom stereocenters. The van der Waals surface area contributed by atoms with Gasteiger partial charge in [-0.25, -0.2) is 4.39 Å². The minimum absolute atomic E-state index is 0.358. The molecule has 1 N–H and O–H groups in total. The molecule has 88 valence electrons. The number of hydrogen-bond acceptors (Lipinski definition) is 2. The zero-order valence-electron chi connectivity index (χ0n) is 9.81. The van der Waals surface area contributed by atoms with Crippen LogP contribution in [0, 0.1) is 12.7 Å². The average Bonchev–Trinajstić information content (AvgIpc) is 2.29. The Morgan fingerprint density at radius 2 is 1.94 bits per heavy atom. The standard InChI is InChI=1S/C14H14FNO/c1-10-6-12(9-16-8-10)14(2,17)11-4-3-5-13(15)7-11/h3-9,17H,1-2H3. The highest BCUT2D eigenvalue weighted by Gasteiger charge is 2.26. The maximum Gasteiger partial charge on any atom is 0.123 e. The van der Waals surface area contributed by atoms with Gasteiger partial charge in [-0.2, -0.15) is 0 Å². The Kier molecular flexibility index (Phi) is 2.94. The number of aliphatic hydroxyl groups is 1. The van der Waals surface area contributed by atoms with Crippen LogP contribution in [0.25, 0.3) is 0 Å². The Morgan fingerprint density at radius 1 is 1.18 bits per heavy atom. The summed E-state index contributed by atoms with van der Waals surface area (Å²) >= 11 is 0. The van der Waals surface area contributed by atoms with E-state index in [2.05, 4.69) is 4.98 Å². The van der Waals surface area contributed by atoms with Crippen molar-refractivity contribution in [3.05, 3.63) is 65.2 Å². The number of nitrogens with zero attached hydrogens (tertiary/aromatic N) is 1. The molecular formula is C14H14FNO. The van der Waals surface area contributed by atoms with Gasteiger partial charge in [0.1, 0.15) is 11.4 Å². The van der Waals surface area contributed by atoms with Crippen LogP contribution in [0.4, 0.5) is 4.39 Å². The Balaban J connectivity index is 2.49. The van der Waals surface area contributed by atoms with Crippen molar-refractivity contribution < 1.29 is 9.50 Å². The Morgan fingerprint density at radius 3 is 2.59 bits per heavy atom. The van der Waals surface area contributed by atoms with Gasteiger partial charge in [0.2, 0.25) is 0 Å². The monoisotopic (exact) mass is 231 g/mol. The number of rotatable bonds is 2. The van der Waals surface area contributed by atoms with Crippen molar-refractivity contribution >= 4 is 0 Å². The van der Waals surface area contributed by atoms with Gasteiger partial charge >= 0.3 is 0 Å². The number of pyridine rings is 1. The molecule has 0 bridgehead atoms. The van der Waals surface area contributed by atoms with Gasteiger partial charge in [-0.15, -0.1) is 0 Å². The summed E-state index contributed by atoms with van der Waals surface area (Å²) < 4.78 is 13.2. The summed E-state index contributed by atoms with van der Waals surface area (Å²) in [6.45, 7) is 3.54. The number of halogens is 1. The van der Waals surface area contributed by atoms with Crippen molar-refractivity contribution in [2.75, 3.05) is 0 Å². The summed E-state index contributed by atoms with van der Waals surface area (Å²) in [6.07, 6.45) is 3.31. The van der Waals surface area contributed by atoms with Crippen molar-refractivity contribution in [3.63, 3.8) is 0 Å². The van der Waals surface area contributed by atoms with Crippen LogP contribution in [0.3, 0.4) is 0 Å². The molecule has 0 amide bonds. The van der Waals surface area contributed by atoms with Crippen LogP contribution in [0.5, 0.6) is 0 Å². The van der Waals surface area contributed by atoms with Crippen molar-refractivity contribution in [2.45, 2.75) is 19.4 Å². The van der Waals surface area contributed by atoms with Gasteiger partial charge in [0.05, 0.1) is 0 Å². The number of hydrogen-bond donors (Lipinski definition) is 1. The first kappa shape index (κ1) is 11.7. The highest BCUT2D eigenvalue weighted by atomic mass is 19.1. The van der Waals surface area contributed by atoms with Crippen molar-refractivity contribution in [2.24, 2.45) is 0 Å². The molecule has 17 heavy (non-hydrogen) atoms. The number of aryl methyl sites for hydroxylation is 1. The fourth-order valence-electron chi connectivity index (χ4n) is 1.78. The Hall–Kier alpha value is -1.74. The second kappa shape index (κ2) is 4.26. The quantitative estimate of drug-likeness (QED) is 0.862. The van der Waals surface area contributed by atoms with Crippen LogP contribution in [-0.2, 0) is 5.60 Å². The van der Waals surface area contributed by atoms with E-state index in [1.165, 1.54) is 12.1 Å². The summed E-state index contributed by atoms with van der Waals surface area (Å²) in [5, 5.41) is 10.5. The topological polar surface area (TPSA) is 33.1 Å². The first-order valence-corrected chi connectivity index (χ1v) is 5.41. The molecule has 0 aliphatic carbocycles. The largest absolute Gasteiger partial charge is 0.381 e. The lowest BCUT2D eigenvalue weighted by Gasteiger charge is -2.24. The molecular weight excluding hydrogens is 217 g/mol. The Bertz CT molecular complexity index is 490. The van der Waals surface area contributed by atoms with E-state index in [0.29, 0.717) is 11.1 Å². The van der Waals surface area contributed by atoms with Gasteiger partial charge in [0, 0.05) is 18.0 Å². The van der Waals surface area contributed by atoms with Crippen LogP contribution >= 0.6 is 0 Å². The normalized spacial score (nSPS) is 14.4. The minimum atomic E-state index is -1.23. The van der Waals surface area contributed by atoms with Crippen molar-refractivity contribution in [1.29, 1.82) is 0 Å². The van der Waals surface area contributed by atoms with Gasteiger partial charge in [-0.3, -0.25) is 4.98 Å². The second-order valence-electron chi connectivity index (χ2n) is 4.33. The van der Waals surface area contributed by atoms with Crippen LogP contribution in [0.1, 0.15) is 23.6 Å². The van der Waals surface area contributed by atoms with E-state index in [-0.39, 0.29) is 5.82 Å². The molecule has 1 aromatic carbocycles. The van der Waals surface area contributed by atoms with Crippen molar-refractivity contribution in [3.8, 4) is 0 Å². The molecule has 1 unspecified atom stereocenters. The molecule has 1 aromatic heterocycles. The third-order valence-corrected chi connectivity index (χ3v) is 2.82. The minimum Gasteiger partial charge on any atom is -0.381 e. The van der Waals surface area contributed by atoms with Crippen LogP contribution in [-0.4, -0.2) is 10.1 Å².